The Morgan fingerprint density at radius 1 is 0.368 bits per heavy atom. The van der Waals surface area contributed by atoms with E-state index in [0.717, 1.165) is 5.69 Å². The molecule has 0 radical (unpaired) electrons. The van der Waals surface area contributed by atoms with Crippen molar-refractivity contribution in [1.82, 2.24) is 0 Å². The Balaban J connectivity index is 1.19. The maximum absolute atomic E-state index is 2.72. The summed E-state index contributed by atoms with van der Waals surface area (Å²) in [6.45, 7) is 6.80. The summed E-state index contributed by atoms with van der Waals surface area (Å²) in [7, 11) is 0. The molecule has 13 rings (SSSR count). The lowest BCUT2D eigenvalue weighted by Gasteiger charge is -2.53. The molecule has 3 aliphatic heterocycles. The van der Waals surface area contributed by atoms with Crippen molar-refractivity contribution < 1.29 is 0 Å². The molecule has 0 N–H and O–H groups in total. The predicted octanol–water partition coefficient (Wildman–Crippen LogP) is 15.4. The monoisotopic (exact) mass is 868 g/mol. The number of hydrogen-bond donors (Lipinski definition) is 0. The molecule has 0 amide bonds. The van der Waals surface area contributed by atoms with Crippen molar-refractivity contribution in [2.24, 2.45) is 0 Å². The summed E-state index contributed by atoms with van der Waals surface area (Å²) in [5.74, 6) is 0. The van der Waals surface area contributed by atoms with Crippen LogP contribution in [0, 0.1) is 0 Å². The highest BCUT2D eigenvalue weighted by Crippen LogP contribution is 2.60. The van der Waals surface area contributed by atoms with Gasteiger partial charge in [-0.1, -0.05) is 227 Å². The maximum atomic E-state index is 2.72. The van der Waals surface area contributed by atoms with Crippen molar-refractivity contribution in [2.45, 2.75) is 31.6 Å². The molecule has 0 spiro atoms. The second-order valence-electron chi connectivity index (χ2n) is 19.6. The molecule has 0 saturated carbocycles. The summed E-state index contributed by atoms with van der Waals surface area (Å²) in [4.78, 5) is 5.33. The van der Waals surface area contributed by atoms with Gasteiger partial charge in [-0.2, -0.15) is 0 Å². The predicted molar refractivity (Wildman–Crippen MR) is 287 cm³/mol. The molecular formula is C65H49BN2. The average molecular weight is 869 g/mol. The first kappa shape index (κ1) is 40.2. The van der Waals surface area contributed by atoms with Gasteiger partial charge in [0, 0.05) is 33.9 Å². The number of anilines is 5. The summed E-state index contributed by atoms with van der Waals surface area (Å²) in [5.41, 5.74) is 24.1. The SMILES string of the molecule is CC(C)(C)c1ccc(N2c3cc(-c4ccccc4)ccc3B3c4c(cc(-c5ccccc5)cc42)-c2cccc4c2N3c2ccccc2C4(c2ccccc2)c2ccccc2)c(-c2ccccc2)c1. The molecule has 2 nitrogen and oxygen atoms in total. The van der Waals surface area contributed by atoms with Crippen molar-refractivity contribution in [3.05, 3.63) is 270 Å². The van der Waals surface area contributed by atoms with Crippen LogP contribution in [0.4, 0.5) is 28.4 Å². The van der Waals surface area contributed by atoms with Gasteiger partial charge in [0.05, 0.1) is 11.1 Å². The van der Waals surface area contributed by atoms with E-state index in [1.807, 2.05) is 0 Å². The number of nitrogens with zero attached hydrogens (tertiary/aromatic N) is 2. The van der Waals surface area contributed by atoms with E-state index < -0.39 is 5.41 Å². The van der Waals surface area contributed by atoms with E-state index in [-0.39, 0.29) is 12.3 Å². The van der Waals surface area contributed by atoms with Crippen molar-refractivity contribution >= 4 is 46.2 Å². The number of rotatable bonds is 6. The number of benzene rings is 10. The van der Waals surface area contributed by atoms with E-state index in [4.69, 9.17) is 0 Å². The maximum Gasteiger partial charge on any atom is 0.333 e. The fourth-order valence-electron chi connectivity index (χ4n) is 11.8. The molecule has 3 heterocycles. The van der Waals surface area contributed by atoms with E-state index in [2.05, 4.69) is 273 Å². The first-order chi connectivity index (χ1) is 33.4. The molecule has 0 aromatic heterocycles. The fourth-order valence-corrected chi connectivity index (χ4v) is 11.8. The molecule has 0 atom stereocenters. The lowest BCUT2D eigenvalue weighted by molar-refractivity contribution is 0.590. The van der Waals surface area contributed by atoms with Crippen LogP contribution in [0.3, 0.4) is 0 Å². The van der Waals surface area contributed by atoms with E-state index in [1.165, 1.54) is 106 Å². The molecule has 3 aliphatic rings. The minimum atomic E-state index is -0.585. The minimum Gasteiger partial charge on any atom is -0.376 e. The number of para-hydroxylation sites is 2. The van der Waals surface area contributed by atoms with Gasteiger partial charge < -0.3 is 9.71 Å². The van der Waals surface area contributed by atoms with Crippen LogP contribution in [0.1, 0.15) is 48.6 Å². The fraction of sp³-hybridized carbons (Fsp3) is 0.0769. The summed E-state index contributed by atoms with van der Waals surface area (Å²) in [6, 6.07) is 91.0. The minimum absolute atomic E-state index is 0.0440. The van der Waals surface area contributed by atoms with Crippen molar-refractivity contribution in [2.75, 3.05) is 9.71 Å². The van der Waals surface area contributed by atoms with Crippen molar-refractivity contribution in [3.63, 3.8) is 0 Å². The highest BCUT2D eigenvalue weighted by Gasteiger charge is 2.53. The van der Waals surface area contributed by atoms with Crippen LogP contribution in [0.5, 0.6) is 0 Å². The second kappa shape index (κ2) is 15.5. The van der Waals surface area contributed by atoms with E-state index in [0.29, 0.717) is 0 Å². The first-order valence-corrected chi connectivity index (χ1v) is 24.0. The van der Waals surface area contributed by atoms with Crippen LogP contribution < -0.4 is 20.6 Å². The Kier molecular flexibility index (Phi) is 9.14. The summed E-state index contributed by atoms with van der Waals surface area (Å²) >= 11 is 0. The first-order valence-electron chi connectivity index (χ1n) is 24.0. The van der Waals surface area contributed by atoms with E-state index >= 15 is 0 Å². The molecule has 10 aromatic rings. The zero-order valence-electron chi connectivity index (χ0n) is 38.6. The Bertz CT molecular complexity index is 3500. The zero-order valence-corrected chi connectivity index (χ0v) is 38.6. The number of fused-ring (bicyclic) bond motifs is 6. The molecule has 68 heavy (non-hydrogen) atoms. The molecule has 0 unspecified atom stereocenters. The standard InChI is InChI=1S/C65H49BN2/c1-64(2,3)51-37-39-58(53(43-51)46-26-13-6-14-27-46)67-60-41-47(44-22-9-4-10-23-44)36-38-57(60)66-62-54(40-48(42-61(62)67)45-24-11-5-12-25-45)52-32-21-34-56-63(52)68(66)59-35-20-19-33-55(59)65(56,49-28-15-7-16-29-49)50-30-17-8-18-31-50/h4-43H,1-3H3. The Morgan fingerprint density at radius 3 is 1.57 bits per heavy atom. The van der Waals surface area contributed by atoms with Crippen molar-refractivity contribution in [3.8, 4) is 44.5 Å². The molecule has 3 heteroatoms. The van der Waals surface area contributed by atoms with Gasteiger partial charge in [0.25, 0.3) is 0 Å². The van der Waals surface area contributed by atoms with Crippen LogP contribution in [-0.4, -0.2) is 6.85 Å². The largest absolute Gasteiger partial charge is 0.376 e. The highest BCUT2D eigenvalue weighted by atomic mass is 15.2. The van der Waals surface area contributed by atoms with Crippen molar-refractivity contribution in [1.29, 1.82) is 0 Å². The smallest absolute Gasteiger partial charge is 0.333 e. The van der Waals surface area contributed by atoms with Gasteiger partial charge in [-0.3, -0.25) is 0 Å². The van der Waals surface area contributed by atoms with Crippen LogP contribution >= 0.6 is 0 Å². The molecule has 0 aliphatic carbocycles. The van der Waals surface area contributed by atoms with Gasteiger partial charge in [0.1, 0.15) is 0 Å². The Labute approximate surface area is 400 Å². The normalized spacial score (nSPS) is 13.8. The van der Waals surface area contributed by atoms with Crippen LogP contribution in [0.2, 0.25) is 0 Å². The van der Waals surface area contributed by atoms with Gasteiger partial charge in [-0.05, 0) is 114 Å². The van der Waals surface area contributed by atoms with E-state index in [1.54, 1.807) is 0 Å². The Morgan fingerprint density at radius 2 is 0.926 bits per heavy atom. The van der Waals surface area contributed by atoms with Crippen LogP contribution in [-0.2, 0) is 10.8 Å². The molecular weight excluding hydrogens is 820 g/mol. The molecule has 0 bridgehead atoms. The van der Waals surface area contributed by atoms with Gasteiger partial charge in [-0.25, -0.2) is 0 Å². The third-order valence-electron chi connectivity index (χ3n) is 14.9. The summed E-state index contributed by atoms with van der Waals surface area (Å²) in [6.07, 6.45) is 0. The number of hydrogen-bond acceptors (Lipinski definition) is 2. The van der Waals surface area contributed by atoms with Gasteiger partial charge in [-0.15, -0.1) is 0 Å². The van der Waals surface area contributed by atoms with Gasteiger partial charge in [0.15, 0.2) is 0 Å². The average Bonchev–Trinajstić information content (AvgIpc) is 3.40. The molecule has 322 valence electrons. The van der Waals surface area contributed by atoms with E-state index in [9.17, 15) is 0 Å². The summed E-state index contributed by atoms with van der Waals surface area (Å²) < 4.78 is 0. The molecule has 0 saturated heterocycles. The van der Waals surface area contributed by atoms with Crippen LogP contribution in [0.15, 0.2) is 243 Å². The molecule has 0 fully saturated rings. The topological polar surface area (TPSA) is 6.48 Å². The summed E-state index contributed by atoms with van der Waals surface area (Å²) in [5, 5.41) is 0. The van der Waals surface area contributed by atoms with Gasteiger partial charge in [0.2, 0.25) is 0 Å². The highest BCUT2D eigenvalue weighted by molar-refractivity contribution is 6.93. The third-order valence-corrected chi connectivity index (χ3v) is 14.9. The van der Waals surface area contributed by atoms with Gasteiger partial charge >= 0.3 is 6.85 Å². The third kappa shape index (κ3) is 5.98. The quantitative estimate of drug-likeness (QED) is 0.154. The second-order valence-corrected chi connectivity index (χ2v) is 19.6. The van der Waals surface area contributed by atoms with Crippen LogP contribution in [0.25, 0.3) is 44.5 Å². The Hall–Kier alpha value is -8.14. The lowest BCUT2D eigenvalue weighted by atomic mass is 9.42. The molecule has 10 aromatic carbocycles. The zero-order chi connectivity index (χ0) is 45.6. The lowest BCUT2D eigenvalue weighted by Crippen LogP contribution is -2.63.